The van der Waals surface area contributed by atoms with E-state index in [1.165, 1.54) is 0 Å². The zero-order valence-electron chi connectivity index (χ0n) is 3.89. The van der Waals surface area contributed by atoms with Crippen LogP contribution in [0.3, 0.4) is 0 Å². The van der Waals surface area contributed by atoms with Crippen molar-refractivity contribution < 1.29 is 4.39 Å². The third-order valence-electron chi connectivity index (χ3n) is 0.498. The van der Waals surface area contributed by atoms with Crippen LogP contribution in [0.25, 0.3) is 0 Å². The van der Waals surface area contributed by atoms with Crippen LogP contribution in [0.1, 0.15) is 6.92 Å². The molecule has 0 unspecified atom stereocenters. The van der Waals surface area contributed by atoms with Crippen LogP contribution >= 0.6 is 46.4 Å². The van der Waals surface area contributed by atoms with Gasteiger partial charge in [0.2, 0.25) is 0 Å². The fraction of sp³-hybridized carbons (Fsp3) is 1.00. The second kappa shape index (κ2) is 2.37. The molecule has 0 amide bonds. The second-order valence-electron chi connectivity index (χ2n) is 1.39. The Morgan fingerprint density at radius 1 is 1.12 bits per heavy atom. The number of rotatable bonds is 1. The van der Waals surface area contributed by atoms with E-state index < -0.39 is 8.92 Å². The summed E-state index contributed by atoms with van der Waals surface area (Å²) in [7, 11) is 0. The molecule has 0 aromatic rings. The predicted octanol–water partition coefficient (Wildman–Crippen LogP) is 3.28. The van der Waals surface area contributed by atoms with Crippen molar-refractivity contribution in [1.82, 2.24) is 0 Å². The molecule has 0 fully saturated rings. The Bertz CT molecular complexity index is 66.3. The number of halogens is 5. The van der Waals surface area contributed by atoms with Gasteiger partial charge in [-0.2, -0.15) is 0 Å². The van der Waals surface area contributed by atoms with E-state index in [0.29, 0.717) is 0 Å². The average Bonchev–Trinajstić information content (AvgIpc) is 1.25. The standard InChI is InChI=1S/C3H3Cl4F/c1-2(4,5)3(6,7)8/h1H3. The highest BCUT2D eigenvalue weighted by Crippen LogP contribution is 2.42. The predicted molar refractivity (Wildman–Crippen MR) is 35.7 cm³/mol. The lowest BCUT2D eigenvalue weighted by Gasteiger charge is -2.19. The van der Waals surface area contributed by atoms with E-state index in [1.807, 2.05) is 0 Å². The highest BCUT2D eigenvalue weighted by atomic mass is 35.5. The van der Waals surface area contributed by atoms with E-state index in [-0.39, 0.29) is 0 Å². The molecule has 0 rings (SSSR count). The molecule has 0 saturated heterocycles. The summed E-state index contributed by atoms with van der Waals surface area (Å²) in [5, 5.41) is 0. The van der Waals surface area contributed by atoms with E-state index in [2.05, 4.69) is 0 Å². The van der Waals surface area contributed by atoms with Gasteiger partial charge >= 0.3 is 0 Å². The molecule has 0 nitrogen and oxygen atoms in total. The van der Waals surface area contributed by atoms with Gasteiger partial charge in [-0.1, -0.05) is 46.4 Å². The van der Waals surface area contributed by atoms with E-state index in [9.17, 15) is 4.39 Å². The molecule has 0 aliphatic heterocycles. The normalized spacial score (nSPS) is 14.2. The summed E-state index contributed by atoms with van der Waals surface area (Å²) in [6.07, 6.45) is 0. The van der Waals surface area contributed by atoms with Crippen LogP contribution in [0.4, 0.5) is 4.39 Å². The fourth-order valence-corrected chi connectivity index (χ4v) is 0. The van der Waals surface area contributed by atoms with Gasteiger partial charge in [-0.25, -0.2) is 4.39 Å². The monoisotopic (exact) mass is 198 g/mol. The largest absolute Gasteiger partial charge is 0.289 e. The van der Waals surface area contributed by atoms with Crippen LogP contribution in [0, 0.1) is 0 Å². The Balaban J connectivity index is 4.02. The van der Waals surface area contributed by atoms with Crippen molar-refractivity contribution in [1.29, 1.82) is 0 Å². The fourth-order valence-electron chi connectivity index (χ4n) is 0. The molecule has 0 radical (unpaired) electrons. The van der Waals surface area contributed by atoms with Crippen LogP contribution in [0.5, 0.6) is 0 Å². The van der Waals surface area contributed by atoms with Crippen molar-refractivity contribution in [3.63, 3.8) is 0 Å². The average molecular weight is 200 g/mol. The molecule has 5 heteroatoms. The first-order valence-electron chi connectivity index (χ1n) is 1.69. The van der Waals surface area contributed by atoms with Gasteiger partial charge in [0.1, 0.15) is 0 Å². The Labute approximate surface area is 66.8 Å². The lowest BCUT2D eigenvalue weighted by Crippen LogP contribution is -2.27. The molecule has 50 valence electrons. The minimum absolute atomic E-state index is 1.16. The van der Waals surface area contributed by atoms with E-state index in [0.717, 1.165) is 6.92 Å². The third-order valence-corrected chi connectivity index (χ3v) is 2.16. The van der Waals surface area contributed by atoms with E-state index in [1.54, 1.807) is 0 Å². The van der Waals surface area contributed by atoms with Gasteiger partial charge in [0.15, 0.2) is 4.33 Å². The van der Waals surface area contributed by atoms with Crippen LogP contribution < -0.4 is 0 Å². The lowest BCUT2D eigenvalue weighted by molar-refractivity contribution is 0.367. The quantitative estimate of drug-likeness (QED) is 0.569. The van der Waals surface area contributed by atoms with Gasteiger partial charge in [-0.3, -0.25) is 0 Å². The Morgan fingerprint density at radius 2 is 1.25 bits per heavy atom. The Morgan fingerprint density at radius 3 is 1.25 bits per heavy atom. The van der Waals surface area contributed by atoms with Crippen molar-refractivity contribution in [2.75, 3.05) is 0 Å². The molecule has 0 aromatic carbocycles. The molecule has 0 aliphatic carbocycles. The van der Waals surface area contributed by atoms with E-state index >= 15 is 0 Å². The van der Waals surface area contributed by atoms with E-state index in [4.69, 9.17) is 46.4 Å². The van der Waals surface area contributed by atoms with Gasteiger partial charge in [0.05, 0.1) is 0 Å². The topological polar surface area (TPSA) is 0 Å². The molecule has 0 heterocycles. The van der Waals surface area contributed by atoms with Gasteiger partial charge in [0, 0.05) is 0 Å². The summed E-state index contributed by atoms with van der Waals surface area (Å²) in [6.45, 7) is 1.16. The van der Waals surface area contributed by atoms with Crippen molar-refractivity contribution in [2.24, 2.45) is 0 Å². The van der Waals surface area contributed by atoms with Gasteiger partial charge < -0.3 is 0 Å². The summed E-state index contributed by atoms with van der Waals surface area (Å²) in [5.74, 6) is 0. The van der Waals surface area contributed by atoms with Crippen LogP contribution in [-0.4, -0.2) is 8.92 Å². The second-order valence-corrected chi connectivity index (χ2v) is 4.33. The summed E-state index contributed by atoms with van der Waals surface area (Å²) in [6, 6.07) is 0. The van der Waals surface area contributed by atoms with Crippen molar-refractivity contribution in [3.8, 4) is 0 Å². The molecule has 0 saturated carbocycles. The number of hydrogen-bond donors (Lipinski definition) is 0. The molecule has 0 N–H and O–H groups in total. The van der Waals surface area contributed by atoms with Crippen LogP contribution in [0.2, 0.25) is 0 Å². The van der Waals surface area contributed by atoms with Gasteiger partial charge in [-0.15, -0.1) is 0 Å². The minimum Gasteiger partial charge on any atom is -0.205 e. The molecular formula is C3H3Cl4F. The molecule has 0 aromatic heterocycles. The highest BCUT2D eigenvalue weighted by molar-refractivity contribution is 6.61. The summed E-state index contributed by atoms with van der Waals surface area (Å²) >= 11 is 20.0. The molecule has 0 aliphatic rings. The molecule has 0 atom stereocenters. The maximum Gasteiger partial charge on any atom is 0.289 e. The number of hydrogen-bond acceptors (Lipinski definition) is 0. The lowest BCUT2D eigenvalue weighted by atomic mass is 10.5. The maximum atomic E-state index is 12.2. The zero-order chi connectivity index (χ0) is 7.00. The Kier molecular flexibility index (Phi) is 2.70. The van der Waals surface area contributed by atoms with Crippen LogP contribution in [0.15, 0.2) is 0 Å². The van der Waals surface area contributed by atoms with Crippen LogP contribution in [-0.2, 0) is 0 Å². The summed E-state index contributed by atoms with van der Waals surface area (Å²) < 4.78 is 7.82. The SMILES string of the molecule is CC(Cl)(Cl)C(F)(Cl)Cl. The summed E-state index contributed by atoms with van der Waals surface area (Å²) in [5.41, 5.74) is 0. The molecule has 0 bridgehead atoms. The highest BCUT2D eigenvalue weighted by Gasteiger charge is 2.43. The van der Waals surface area contributed by atoms with Crippen molar-refractivity contribution in [2.45, 2.75) is 15.8 Å². The smallest absolute Gasteiger partial charge is 0.205 e. The first-order chi connectivity index (χ1) is 3.25. The first-order valence-corrected chi connectivity index (χ1v) is 3.21. The first kappa shape index (κ1) is 9.09. The molecular weight excluding hydrogens is 197 g/mol. The number of alkyl halides is 5. The molecule has 8 heavy (non-hydrogen) atoms. The van der Waals surface area contributed by atoms with Gasteiger partial charge in [0.25, 0.3) is 4.59 Å². The summed E-state index contributed by atoms with van der Waals surface area (Å²) in [4.78, 5) is 0. The molecule has 0 spiro atoms. The van der Waals surface area contributed by atoms with Gasteiger partial charge in [-0.05, 0) is 6.92 Å². The van der Waals surface area contributed by atoms with Crippen molar-refractivity contribution >= 4 is 46.4 Å². The maximum absolute atomic E-state index is 12.2. The minimum atomic E-state index is -2.59. The zero-order valence-corrected chi connectivity index (χ0v) is 6.91. The third kappa shape index (κ3) is 2.58. The Hall–Kier alpha value is 1.09. The van der Waals surface area contributed by atoms with Crippen molar-refractivity contribution in [3.05, 3.63) is 0 Å².